The SMILES string of the molecule is O=C(Nc1ccc(C(=O)N2CCCC2)cc1)C1CC(O)CN1C(=O)Nc1ccc(Cl)cn1. The van der Waals surface area contributed by atoms with Crippen molar-refractivity contribution in [3.05, 3.63) is 53.2 Å². The van der Waals surface area contributed by atoms with E-state index in [1.54, 1.807) is 36.4 Å². The molecule has 2 saturated heterocycles. The van der Waals surface area contributed by atoms with Crippen LogP contribution >= 0.6 is 11.6 Å². The highest BCUT2D eigenvalue weighted by atomic mass is 35.5. The Labute approximate surface area is 190 Å². The molecule has 0 aliphatic carbocycles. The molecule has 3 N–H and O–H groups in total. The molecule has 4 rings (SSSR count). The summed E-state index contributed by atoms with van der Waals surface area (Å²) in [7, 11) is 0. The molecular weight excluding hydrogens is 434 g/mol. The average Bonchev–Trinajstić information content (AvgIpc) is 3.45. The molecule has 1 aromatic heterocycles. The molecule has 2 unspecified atom stereocenters. The molecule has 0 spiro atoms. The van der Waals surface area contributed by atoms with Crippen LogP contribution in [0.2, 0.25) is 5.02 Å². The lowest BCUT2D eigenvalue weighted by molar-refractivity contribution is -0.119. The van der Waals surface area contributed by atoms with Crippen LogP contribution in [0.15, 0.2) is 42.6 Å². The molecule has 2 aliphatic rings. The Hall–Kier alpha value is -3.17. The third kappa shape index (κ3) is 5.00. The van der Waals surface area contributed by atoms with E-state index in [0.29, 0.717) is 22.1 Å². The summed E-state index contributed by atoms with van der Waals surface area (Å²) in [6.07, 6.45) is 2.75. The van der Waals surface area contributed by atoms with Crippen molar-refractivity contribution in [2.24, 2.45) is 0 Å². The predicted molar refractivity (Wildman–Crippen MR) is 120 cm³/mol. The van der Waals surface area contributed by atoms with Gasteiger partial charge in [-0.3, -0.25) is 14.9 Å². The van der Waals surface area contributed by atoms with Crippen LogP contribution in [0.5, 0.6) is 0 Å². The summed E-state index contributed by atoms with van der Waals surface area (Å²) in [5, 5.41) is 15.9. The second kappa shape index (κ2) is 9.54. The van der Waals surface area contributed by atoms with E-state index in [1.807, 2.05) is 4.90 Å². The van der Waals surface area contributed by atoms with Crippen molar-refractivity contribution in [2.45, 2.75) is 31.4 Å². The molecule has 0 bridgehead atoms. The highest BCUT2D eigenvalue weighted by Crippen LogP contribution is 2.22. The zero-order valence-corrected chi connectivity index (χ0v) is 18.1. The van der Waals surface area contributed by atoms with Crippen LogP contribution in [0.4, 0.5) is 16.3 Å². The first kappa shape index (κ1) is 22.0. The van der Waals surface area contributed by atoms with Crippen molar-refractivity contribution in [3.8, 4) is 0 Å². The van der Waals surface area contributed by atoms with Gasteiger partial charge in [-0.25, -0.2) is 9.78 Å². The number of rotatable bonds is 4. The van der Waals surface area contributed by atoms with E-state index in [9.17, 15) is 19.5 Å². The molecule has 10 heteroatoms. The quantitative estimate of drug-likeness (QED) is 0.652. The second-order valence-corrected chi connectivity index (χ2v) is 8.35. The minimum absolute atomic E-state index is 0.0158. The first-order valence-electron chi connectivity index (χ1n) is 10.5. The molecule has 3 heterocycles. The molecule has 2 fully saturated rings. The minimum atomic E-state index is -0.844. The van der Waals surface area contributed by atoms with Crippen LogP contribution < -0.4 is 10.6 Å². The largest absolute Gasteiger partial charge is 0.391 e. The van der Waals surface area contributed by atoms with E-state index in [1.165, 1.54) is 11.1 Å². The number of benzene rings is 1. The summed E-state index contributed by atoms with van der Waals surface area (Å²) in [5.74, 6) is -0.143. The molecule has 2 aromatic rings. The topological polar surface area (TPSA) is 115 Å². The van der Waals surface area contributed by atoms with Crippen molar-refractivity contribution < 1.29 is 19.5 Å². The van der Waals surface area contributed by atoms with Crippen molar-refractivity contribution in [3.63, 3.8) is 0 Å². The third-order valence-corrected chi connectivity index (χ3v) is 5.82. The summed E-state index contributed by atoms with van der Waals surface area (Å²) in [4.78, 5) is 45.1. The number of halogens is 1. The monoisotopic (exact) mass is 457 g/mol. The minimum Gasteiger partial charge on any atom is -0.391 e. The zero-order valence-electron chi connectivity index (χ0n) is 17.3. The lowest BCUT2D eigenvalue weighted by Crippen LogP contribution is -2.45. The number of aliphatic hydroxyl groups is 1. The fraction of sp³-hybridized carbons (Fsp3) is 0.364. The van der Waals surface area contributed by atoms with Gasteiger partial charge in [0.1, 0.15) is 11.9 Å². The number of hydrogen-bond acceptors (Lipinski definition) is 5. The van der Waals surface area contributed by atoms with Crippen molar-refractivity contribution in [1.29, 1.82) is 0 Å². The molecule has 2 atom stereocenters. The maximum atomic E-state index is 12.8. The van der Waals surface area contributed by atoms with E-state index >= 15 is 0 Å². The lowest BCUT2D eigenvalue weighted by Gasteiger charge is -2.23. The van der Waals surface area contributed by atoms with Crippen molar-refractivity contribution >= 4 is 41.0 Å². The summed E-state index contributed by atoms with van der Waals surface area (Å²) < 4.78 is 0. The lowest BCUT2D eigenvalue weighted by atomic mass is 10.1. The zero-order chi connectivity index (χ0) is 22.7. The number of aliphatic hydroxyl groups excluding tert-OH is 1. The van der Waals surface area contributed by atoms with E-state index in [4.69, 9.17) is 11.6 Å². The van der Waals surface area contributed by atoms with E-state index < -0.39 is 24.1 Å². The number of amides is 4. The van der Waals surface area contributed by atoms with Crippen LogP contribution in [0.3, 0.4) is 0 Å². The van der Waals surface area contributed by atoms with Crippen molar-refractivity contribution in [2.75, 3.05) is 30.3 Å². The van der Waals surface area contributed by atoms with Gasteiger partial charge in [0.2, 0.25) is 5.91 Å². The van der Waals surface area contributed by atoms with Gasteiger partial charge in [-0.2, -0.15) is 0 Å². The molecule has 9 nitrogen and oxygen atoms in total. The first-order chi connectivity index (χ1) is 15.4. The number of hydrogen-bond donors (Lipinski definition) is 3. The molecule has 4 amide bonds. The number of nitrogens with zero attached hydrogens (tertiary/aromatic N) is 3. The normalized spacial score (nSPS) is 20.3. The molecule has 0 saturated carbocycles. The van der Waals surface area contributed by atoms with Gasteiger partial charge in [-0.15, -0.1) is 0 Å². The number of aromatic nitrogens is 1. The number of carbonyl (C=O) groups is 3. The van der Waals surface area contributed by atoms with Gasteiger partial charge < -0.3 is 20.2 Å². The Balaban J connectivity index is 1.39. The maximum Gasteiger partial charge on any atom is 0.323 e. The second-order valence-electron chi connectivity index (χ2n) is 7.92. The average molecular weight is 458 g/mol. The molecular formula is C22H24ClN5O4. The third-order valence-electron chi connectivity index (χ3n) is 5.60. The number of nitrogens with one attached hydrogen (secondary N) is 2. The Morgan fingerprint density at radius 2 is 1.75 bits per heavy atom. The Kier molecular flexibility index (Phi) is 6.57. The van der Waals surface area contributed by atoms with E-state index in [2.05, 4.69) is 15.6 Å². The van der Waals surface area contributed by atoms with Gasteiger partial charge >= 0.3 is 6.03 Å². The number of anilines is 2. The van der Waals surface area contributed by atoms with Gasteiger partial charge in [0, 0.05) is 43.5 Å². The van der Waals surface area contributed by atoms with Crippen LogP contribution in [-0.4, -0.2) is 69.5 Å². The highest BCUT2D eigenvalue weighted by Gasteiger charge is 2.39. The number of β-amino-alcohol motifs (C(OH)–C–C–N with tert-alkyl or cyclic N) is 1. The summed E-state index contributed by atoms with van der Waals surface area (Å²) in [5.41, 5.74) is 1.08. The summed E-state index contributed by atoms with van der Waals surface area (Å²) >= 11 is 5.80. The number of urea groups is 1. The Bertz CT molecular complexity index is 992. The fourth-order valence-corrected chi connectivity index (χ4v) is 4.05. The van der Waals surface area contributed by atoms with Gasteiger partial charge in [-0.1, -0.05) is 11.6 Å². The van der Waals surface area contributed by atoms with Crippen LogP contribution in [0.25, 0.3) is 0 Å². The Morgan fingerprint density at radius 1 is 1.03 bits per heavy atom. The van der Waals surface area contributed by atoms with Gasteiger partial charge in [0.15, 0.2) is 0 Å². The van der Waals surface area contributed by atoms with Gasteiger partial charge in [0.05, 0.1) is 11.1 Å². The van der Waals surface area contributed by atoms with Crippen LogP contribution in [0, 0.1) is 0 Å². The first-order valence-corrected chi connectivity index (χ1v) is 10.9. The van der Waals surface area contributed by atoms with Gasteiger partial charge in [0.25, 0.3) is 5.91 Å². The molecule has 32 heavy (non-hydrogen) atoms. The standard InChI is InChI=1S/C22H24ClN5O4/c23-15-5-8-19(24-12-15)26-22(32)28-13-17(29)11-18(28)20(30)25-16-6-3-14(4-7-16)21(31)27-9-1-2-10-27/h3-8,12,17-18,29H,1-2,9-11,13H2,(H,25,30)(H,24,26,32). The smallest absolute Gasteiger partial charge is 0.323 e. The molecule has 168 valence electrons. The number of carbonyl (C=O) groups excluding carboxylic acids is 3. The van der Waals surface area contributed by atoms with Crippen LogP contribution in [-0.2, 0) is 4.79 Å². The molecule has 1 aromatic carbocycles. The van der Waals surface area contributed by atoms with Gasteiger partial charge in [-0.05, 0) is 49.2 Å². The van der Waals surface area contributed by atoms with E-state index in [0.717, 1.165) is 25.9 Å². The fourth-order valence-electron chi connectivity index (χ4n) is 3.94. The Morgan fingerprint density at radius 3 is 2.41 bits per heavy atom. The number of likely N-dealkylation sites (tertiary alicyclic amines) is 2. The van der Waals surface area contributed by atoms with Crippen molar-refractivity contribution in [1.82, 2.24) is 14.8 Å². The predicted octanol–water partition coefficient (Wildman–Crippen LogP) is 2.58. The molecule has 2 aliphatic heterocycles. The highest BCUT2D eigenvalue weighted by molar-refractivity contribution is 6.30. The van der Waals surface area contributed by atoms with E-state index in [-0.39, 0.29) is 18.9 Å². The maximum absolute atomic E-state index is 12.8. The number of pyridine rings is 1. The molecule has 0 radical (unpaired) electrons. The van der Waals surface area contributed by atoms with Crippen LogP contribution in [0.1, 0.15) is 29.6 Å². The summed E-state index contributed by atoms with van der Waals surface area (Å²) in [6, 6.07) is 8.43. The summed E-state index contributed by atoms with van der Waals surface area (Å²) in [6.45, 7) is 1.57.